The second-order valence-corrected chi connectivity index (χ2v) is 8.50. The minimum absolute atomic E-state index is 0.133. The normalized spacial score (nSPS) is 33.0. The summed E-state index contributed by atoms with van der Waals surface area (Å²) < 4.78 is 0. The predicted molar refractivity (Wildman–Crippen MR) is 102 cm³/mol. The molecule has 0 bridgehead atoms. The van der Waals surface area contributed by atoms with Gasteiger partial charge in [-0.3, -0.25) is 24.6 Å². The first-order valence-electron chi connectivity index (χ1n) is 9.88. The van der Waals surface area contributed by atoms with Gasteiger partial charge in [0, 0.05) is 23.3 Å². The van der Waals surface area contributed by atoms with Crippen LogP contribution in [0.2, 0.25) is 0 Å². The van der Waals surface area contributed by atoms with Gasteiger partial charge in [-0.05, 0) is 31.7 Å². The van der Waals surface area contributed by atoms with E-state index in [9.17, 15) is 14.4 Å². The van der Waals surface area contributed by atoms with Gasteiger partial charge < -0.3 is 5.32 Å². The number of rotatable bonds is 4. The number of anilines is 1. The number of hydrogen-bond donors (Lipinski definition) is 2. The lowest BCUT2D eigenvalue weighted by Crippen LogP contribution is -2.54. The Morgan fingerprint density at radius 3 is 2.48 bits per heavy atom. The highest BCUT2D eigenvalue weighted by Crippen LogP contribution is 2.53. The number of carbonyl (C=O) groups excluding carboxylic acids is 3. The lowest BCUT2D eigenvalue weighted by atomic mass is 9.76. The molecule has 1 aromatic rings. The zero-order valence-corrected chi connectivity index (χ0v) is 16.3. The minimum Gasteiger partial charge on any atom is -0.324 e. The molecule has 3 aliphatic heterocycles. The summed E-state index contributed by atoms with van der Waals surface area (Å²) in [7, 11) is 0. The third-order valence-electron chi connectivity index (χ3n) is 6.41. The third kappa shape index (κ3) is 2.32. The van der Waals surface area contributed by atoms with E-state index in [-0.39, 0.29) is 29.8 Å². The Bertz CT molecular complexity index is 821. The summed E-state index contributed by atoms with van der Waals surface area (Å²) in [5.74, 6) is -1.41. The summed E-state index contributed by atoms with van der Waals surface area (Å²) >= 11 is 0. The molecule has 2 fully saturated rings. The number of hydrogen-bond acceptors (Lipinski definition) is 4. The van der Waals surface area contributed by atoms with Crippen molar-refractivity contribution in [2.75, 3.05) is 5.32 Å². The van der Waals surface area contributed by atoms with Crippen LogP contribution < -0.4 is 10.6 Å². The Hall–Kier alpha value is -2.21. The van der Waals surface area contributed by atoms with Gasteiger partial charge in [-0.1, -0.05) is 39.0 Å². The standard InChI is InChI=1S/C21H27N3O3/c1-5-12(4)24-18(25)16-15(10-11(2)3)23-21(17(16)19(24)26)13-8-6-7-9-14(13)22-20(21)27/h6-9,11-12,15-17,23H,5,10H2,1-4H3,(H,22,27)/t12-,15+,16+,17-,21+/m0/s1. The summed E-state index contributed by atoms with van der Waals surface area (Å²) in [4.78, 5) is 41.3. The molecule has 27 heavy (non-hydrogen) atoms. The SMILES string of the molecule is CC[C@H](C)N1C(=O)[C@H]2[C@@H](C1=O)[C@@]1(N[C@@H]2CC(C)C)C(=O)Nc2ccccc21. The number of likely N-dealkylation sites (tertiary alicyclic amines) is 1. The second kappa shape index (κ2) is 6.16. The zero-order valence-electron chi connectivity index (χ0n) is 16.3. The van der Waals surface area contributed by atoms with Crippen molar-refractivity contribution < 1.29 is 14.4 Å². The summed E-state index contributed by atoms with van der Waals surface area (Å²) in [6.07, 6.45) is 1.45. The molecule has 1 spiro atoms. The molecule has 0 radical (unpaired) electrons. The Kier molecular flexibility index (Phi) is 4.14. The van der Waals surface area contributed by atoms with E-state index in [4.69, 9.17) is 0 Å². The van der Waals surface area contributed by atoms with E-state index < -0.39 is 17.4 Å². The van der Waals surface area contributed by atoms with Crippen LogP contribution in [0.1, 0.15) is 46.1 Å². The van der Waals surface area contributed by atoms with Crippen LogP contribution in [0.15, 0.2) is 24.3 Å². The van der Waals surface area contributed by atoms with Crippen LogP contribution in [0.3, 0.4) is 0 Å². The van der Waals surface area contributed by atoms with Crippen molar-refractivity contribution in [2.45, 2.75) is 58.2 Å². The average Bonchev–Trinajstić information content (AvgIpc) is 3.19. The smallest absolute Gasteiger partial charge is 0.250 e. The Labute approximate surface area is 159 Å². The van der Waals surface area contributed by atoms with Crippen LogP contribution in [0.25, 0.3) is 0 Å². The number of para-hydroxylation sites is 1. The number of imide groups is 1. The topological polar surface area (TPSA) is 78.5 Å². The van der Waals surface area contributed by atoms with Crippen LogP contribution in [-0.2, 0) is 19.9 Å². The van der Waals surface area contributed by atoms with Crippen molar-refractivity contribution >= 4 is 23.4 Å². The first-order chi connectivity index (χ1) is 12.8. The zero-order chi connectivity index (χ0) is 19.5. The number of nitrogens with one attached hydrogen (secondary N) is 2. The quantitative estimate of drug-likeness (QED) is 0.798. The molecule has 3 heterocycles. The lowest BCUT2D eigenvalue weighted by Gasteiger charge is -2.31. The van der Waals surface area contributed by atoms with Gasteiger partial charge in [0.05, 0.1) is 11.8 Å². The number of fused-ring (bicyclic) bond motifs is 4. The Balaban J connectivity index is 1.87. The fraction of sp³-hybridized carbons (Fsp3) is 0.571. The molecule has 6 heteroatoms. The van der Waals surface area contributed by atoms with Gasteiger partial charge in [0.15, 0.2) is 0 Å². The van der Waals surface area contributed by atoms with E-state index in [1.54, 1.807) is 0 Å². The van der Waals surface area contributed by atoms with E-state index >= 15 is 0 Å². The van der Waals surface area contributed by atoms with E-state index in [0.717, 1.165) is 17.7 Å². The maximum atomic E-state index is 13.4. The Morgan fingerprint density at radius 1 is 1.11 bits per heavy atom. The van der Waals surface area contributed by atoms with E-state index in [2.05, 4.69) is 24.5 Å². The molecule has 0 unspecified atom stereocenters. The van der Waals surface area contributed by atoms with Crippen LogP contribution in [-0.4, -0.2) is 34.7 Å². The first kappa shape index (κ1) is 18.2. The van der Waals surface area contributed by atoms with Gasteiger partial charge in [-0.2, -0.15) is 0 Å². The molecule has 4 rings (SSSR count). The molecule has 0 aromatic heterocycles. The molecule has 6 nitrogen and oxygen atoms in total. The number of carbonyl (C=O) groups is 3. The molecule has 0 aliphatic carbocycles. The molecule has 3 amide bonds. The number of nitrogens with zero attached hydrogens (tertiary/aromatic N) is 1. The highest BCUT2D eigenvalue weighted by Gasteiger charge is 2.70. The predicted octanol–water partition coefficient (Wildman–Crippen LogP) is 2.25. The monoisotopic (exact) mass is 369 g/mol. The highest BCUT2D eigenvalue weighted by atomic mass is 16.2. The highest BCUT2D eigenvalue weighted by molar-refractivity contribution is 6.15. The van der Waals surface area contributed by atoms with Gasteiger partial charge in [-0.15, -0.1) is 0 Å². The summed E-state index contributed by atoms with van der Waals surface area (Å²) in [6.45, 7) is 8.06. The molecule has 3 aliphatic rings. The average molecular weight is 369 g/mol. The van der Waals surface area contributed by atoms with Gasteiger partial charge in [0.25, 0.3) is 0 Å². The maximum Gasteiger partial charge on any atom is 0.250 e. The largest absolute Gasteiger partial charge is 0.324 e. The molecule has 5 atom stereocenters. The number of amides is 3. The van der Waals surface area contributed by atoms with Crippen molar-refractivity contribution in [1.82, 2.24) is 10.2 Å². The van der Waals surface area contributed by atoms with Crippen molar-refractivity contribution in [3.05, 3.63) is 29.8 Å². The van der Waals surface area contributed by atoms with Gasteiger partial charge in [0.2, 0.25) is 17.7 Å². The molecular weight excluding hydrogens is 342 g/mol. The summed E-state index contributed by atoms with van der Waals surface area (Å²) in [6, 6.07) is 7.12. The van der Waals surface area contributed by atoms with Gasteiger partial charge in [0.1, 0.15) is 5.54 Å². The van der Waals surface area contributed by atoms with E-state index in [0.29, 0.717) is 12.3 Å². The molecular formula is C21H27N3O3. The van der Waals surface area contributed by atoms with Crippen molar-refractivity contribution in [3.63, 3.8) is 0 Å². The van der Waals surface area contributed by atoms with Crippen LogP contribution in [0.5, 0.6) is 0 Å². The van der Waals surface area contributed by atoms with Crippen molar-refractivity contribution in [2.24, 2.45) is 17.8 Å². The van der Waals surface area contributed by atoms with Crippen LogP contribution in [0.4, 0.5) is 5.69 Å². The van der Waals surface area contributed by atoms with Crippen molar-refractivity contribution in [1.29, 1.82) is 0 Å². The molecule has 2 saturated heterocycles. The fourth-order valence-corrected chi connectivity index (χ4v) is 5.11. The van der Waals surface area contributed by atoms with Crippen molar-refractivity contribution in [3.8, 4) is 0 Å². The van der Waals surface area contributed by atoms with Gasteiger partial charge in [-0.25, -0.2) is 0 Å². The Morgan fingerprint density at radius 2 is 1.81 bits per heavy atom. The maximum absolute atomic E-state index is 13.4. The third-order valence-corrected chi connectivity index (χ3v) is 6.41. The number of benzene rings is 1. The fourth-order valence-electron chi connectivity index (χ4n) is 5.11. The van der Waals surface area contributed by atoms with Crippen LogP contribution in [0, 0.1) is 17.8 Å². The molecule has 1 aromatic carbocycles. The molecule has 0 saturated carbocycles. The van der Waals surface area contributed by atoms with E-state index in [1.165, 1.54) is 4.90 Å². The molecule has 144 valence electrons. The minimum atomic E-state index is -1.16. The summed E-state index contributed by atoms with van der Waals surface area (Å²) in [5.41, 5.74) is 0.347. The summed E-state index contributed by atoms with van der Waals surface area (Å²) in [5, 5.41) is 6.39. The lowest BCUT2D eigenvalue weighted by molar-refractivity contribution is -0.145. The van der Waals surface area contributed by atoms with Gasteiger partial charge >= 0.3 is 0 Å². The molecule has 2 N–H and O–H groups in total. The van der Waals surface area contributed by atoms with E-state index in [1.807, 2.05) is 38.1 Å². The first-order valence-corrected chi connectivity index (χ1v) is 9.88. The van der Waals surface area contributed by atoms with Crippen LogP contribution >= 0.6 is 0 Å². The second-order valence-electron chi connectivity index (χ2n) is 8.50.